The van der Waals surface area contributed by atoms with E-state index in [1.165, 1.54) is 70.9 Å². The van der Waals surface area contributed by atoms with Crippen molar-refractivity contribution in [3.63, 3.8) is 0 Å². The molecule has 0 aromatic carbocycles. The van der Waals surface area contributed by atoms with Gasteiger partial charge in [-0.05, 0) is 38.1 Å². The molecule has 17 heavy (non-hydrogen) atoms. The molecule has 2 fully saturated rings. The Bertz CT molecular complexity index is 217. The van der Waals surface area contributed by atoms with Gasteiger partial charge in [0, 0.05) is 18.6 Å². The van der Waals surface area contributed by atoms with Crippen LogP contribution in [0.3, 0.4) is 0 Å². The smallest absolute Gasteiger partial charge is 0.0247 e. The van der Waals surface area contributed by atoms with Crippen molar-refractivity contribution in [3.05, 3.63) is 0 Å². The lowest BCUT2D eigenvalue weighted by Crippen LogP contribution is -2.51. The lowest BCUT2D eigenvalue weighted by atomic mass is 9.88. The zero-order chi connectivity index (χ0) is 12.1. The first-order valence-electron chi connectivity index (χ1n) is 7.81. The maximum atomic E-state index is 6.42. The van der Waals surface area contributed by atoms with Crippen LogP contribution >= 0.6 is 0 Å². The monoisotopic (exact) mass is 238 g/mol. The van der Waals surface area contributed by atoms with E-state index in [4.69, 9.17) is 5.73 Å². The van der Waals surface area contributed by atoms with E-state index in [0.29, 0.717) is 12.1 Å². The second-order valence-electron chi connectivity index (χ2n) is 6.13. The maximum absolute atomic E-state index is 6.42. The van der Waals surface area contributed by atoms with E-state index in [9.17, 15) is 0 Å². The van der Waals surface area contributed by atoms with Crippen LogP contribution < -0.4 is 5.73 Å². The first-order chi connectivity index (χ1) is 8.31. The van der Waals surface area contributed by atoms with Crippen LogP contribution in [0.1, 0.15) is 64.7 Å². The van der Waals surface area contributed by atoms with Crippen molar-refractivity contribution >= 4 is 0 Å². The lowest BCUT2D eigenvalue weighted by molar-refractivity contribution is 0.0921. The van der Waals surface area contributed by atoms with E-state index >= 15 is 0 Å². The summed E-state index contributed by atoms with van der Waals surface area (Å²) in [6, 6.07) is 1.12. The molecule has 1 saturated carbocycles. The molecule has 100 valence electrons. The summed E-state index contributed by atoms with van der Waals surface area (Å²) < 4.78 is 0. The Balaban J connectivity index is 1.92. The summed E-state index contributed by atoms with van der Waals surface area (Å²) in [5.74, 6) is 0.932. The average molecular weight is 238 g/mol. The fourth-order valence-corrected chi connectivity index (χ4v) is 3.68. The van der Waals surface area contributed by atoms with Gasteiger partial charge in [0.2, 0.25) is 0 Å². The number of nitrogens with two attached hydrogens (primary N) is 1. The first-order valence-corrected chi connectivity index (χ1v) is 7.81. The Labute approximate surface area is 107 Å². The van der Waals surface area contributed by atoms with E-state index in [0.717, 1.165) is 5.92 Å². The van der Waals surface area contributed by atoms with E-state index in [2.05, 4.69) is 11.8 Å². The zero-order valence-electron chi connectivity index (χ0n) is 11.5. The SMILES string of the molecule is CCC1CCCN(C2CCCCCCC2N)C1. The van der Waals surface area contributed by atoms with Crippen LogP contribution in [0.25, 0.3) is 0 Å². The van der Waals surface area contributed by atoms with Crippen LogP contribution in [0.15, 0.2) is 0 Å². The van der Waals surface area contributed by atoms with Gasteiger partial charge in [0.25, 0.3) is 0 Å². The van der Waals surface area contributed by atoms with Crippen molar-refractivity contribution in [2.75, 3.05) is 13.1 Å². The van der Waals surface area contributed by atoms with Crippen LogP contribution in [-0.4, -0.2) is 30.1 Å². The quantitative estimate of drug-likeness (QED) is 0.800. The van der Waals surface area contributed by atoms with Gasteiger partial charge in [-0.3, -0.25) is 4.90 Å². The molecule has 1 aliphatic carbocycles. The predicted molar refractivity (Wildman–Crippen MR) is 74.1 cm³/mol. The Hall–Kier alpha value is -0.0800. The molecule has 0 spiro atoms. The predicted octanol–water partition coefficient (Wildman–Crippen LogP) is 3.16. The van der Waals surface area contributed by atoms with Gasteiger partial charge in [0.15, 0.2) is 0 Å². The van der Waals surface area contributed by atoms with Crippen LogP contribution in [0, 0.1) is 5.92 Å². The largest absolute Gasteiger partial charge is 0.326 e. The van der Waals surface area contributed by atoms with E-state index < -0.39 is 0 Å². The van der Waals surface area contributed by atoms with Crippen LogP contribution in [0.4, 0.5) is 0 Å². The van der Waals surface area contributed by atoms with E-state index in [-0.39, 0.29) is 0 Å². The number of hydrogen-bond acceptors (Lipinski definition) is 2. The topological polar surface area (TPSA) is 29.3 Å². The average Bonchev–Trinajstić information content (AvgIpc) is 2.34. The highest BCUT2D eigenvalue weighted by Gasteiger charge is 2.29. The van der Waals surface area contributed by atoms with Crippen molar-refractivity contribution in [2.45, 2.75) is 76.8 Å². The Morgan fingerprint density at radius 1 is 1.00 bits per heavy atom. The number of piperidine rings is 1. The number of nitrogens with zero attached hydrogens (tertiary/aromatic N) is 1. The minimum Gasteiger partial charge on any atom is -0.326 e. The van der Waals surface area contributed by atoms with Gasteiger partial charge in [-0.15, -0.1) is 0 Å². The first kappa shape index (κ1) is 13.4. The molecular formula is C15H30N2. The summed E-state index contributed by atoms with van der Waals surface area (Å²) in [4.78, 5) is 2.73. The van der Waals surface area contributed by atoms with Gasteiger partial charge in [-0.25, -0.2) is 0 Å². The van der Waals surface area contributed by atoms with E-state index in [1.54, 1.807) is 0 Å². The lowest BCUT2D eigenvalue weighted by Gasteiger charge is -2.41. The molecule has 3 unspecified atom stereocenters. The van der Waals surface area contributed by atoms with Gasteiger partial charge in [-0.2, -0.15) is 0 Å². The minimum absolute atomic E-state index is 0.436. The standard InChI is InChI=1S/C15H30N2/c1-2-13-8-7-11-17(12-13)15-10-6-4-3-5-9-14(15)16/h13-15H,2-12,16H2,1H3. The highest BCUT2D eigenvalue weighted by atomic mass is 15.2. The third-order valence-corrected chi connectivity index (χ3v) is 4.88. The summed E-state index contributed by atoms with van der Waals surface area (Å²) in [6.45, 7) is 4.95. The second-order valence-corrected chi connectivity index (χ2v) is 6.13. The molecule has 2 rings (SSSR count). The highest BCUT2D eigenvalue weighted by molar-refractivity contribution is 4.86. The van der Waals surface area contributed by atoms with Crippen LogP contribution in [-0.2, 0) is 0 Å². The van der Waals surface area contributed by atoms with Crippen LogP contribution in [0.2, 0.25) is 0 Å². The molecule has 0 amide bonds. The summed E-state index contributed by atoms with van der Waals surface area (Å²) >= 11 is 0. The summed E-state index contributed by atoms with van der Waals surface area (Å²) in [5, 5.41) is 0. The zero-order valence-corrected chi connectivity index (χ0v) is 11.5. The third-order valence-electron chi connectivity index (χ3n) is 4.88. The second kappa shape index (κ2) is 6.75. The van der Waals surface area contributed by atoms with Gasteiger partial charge < -0.3 is 5.73 Å². The van der Waals surface area contributed by atoms with Gasteiger partial charge in [-0.1, -0.05) is 39.0 Å². The van der Waals surface area contributed by atoms with Crippen molar-refractivity contribution in [1.82, 2.24) is 4.90 Å². The summed E-state index contributed by atoms with van der Waals surface area (Å²) in [6.07, 6.45) is 12.3. The molecule has 0 aromatic heterocycles. The molecule has 2 aliphatic rings. The van der Waals surface area contributed by atoms with Gasteiger partial charge >= 0.3 is 0 Å². The molecule has 2 N–H and O–H groups in total. The van der Waals surface area contributed by atoms with Crippen molar-refractivity contribution < 1.29 is 0 Å². The Morgan fingerprint density at radius 2 is 1.76 bits per heavy atom. The fourth-order valence-electron chi connectivity index (χ4n) is 3.68. The number of rotatable bonds is 2. The molecule has 1 saturated heterocycles. The third kappa shape index (κ3) is 3.69. The number of likely N-dealkylation sites (tertiary alicyclic amines) is 1. The molecular weight excluding hydrogens is 208 g/mol. The van der Waals surface area contributed by atoms with Crippen molar-refractivity contribution in [3.8, 4) is 0 Å². The van der Waals surface area contributed by atoms with Crippen molar-refractivity contribution in [2.24, 2.45) is 11.7 Å². The molecule has 0 radical (unpaired) electrons. The fraction of sp³-hybridized carbons (Fsp3) is 1.00. The maximum Gasteiger partial charge on any atom is 0.0247 e. The van der Waals surface area contributed by atoms with Gasteiger partial charge in [0.05, 0.1) is 0 Å². The van der Waals surface area contributed by atoms with E-state index in [1.807, 2.05) is 0 Å². The molecule has 0 aromatic rings. The molecule has 2 heteroatoms. The minimum atomic E-state index is 0.436. The Morgan fingerprint density at radius 3 is 2.53 bits per heavy atom. The summed E-state index contributed by atoms with van der Waals surface area (Å²) in [5.41, 5.74) is 6.42. The highest BCUT2D eigenvalue weighted by Crippen LogP contribution is 2.26. The number of hydrogen-bond donors (Lipinski definition) is 1. The molecule has 2 nitrogen and oxygen atoms in total. The summed E-state index contributed by atoms with van der Waals surface area (Å²) in [7, 11) is 0. The molecule has 0 bridgehead atoms. The van der Waals surface area contributed by atoms with Crippen LogP contribution in [0.5, 0.6) is 0 Å². The molecule has 1 heterocycles. The van der Waals surface area contributed by atoms with Gasteiger partial charge in [0.1, 0.15) is 0 Å². The van der Waals surface area contributed by atoms with Crippen molar-refractivity contribution in [1.29, 1.82) is 0 Å². The normalized spacial score (nSPS) is 37.4. The Kier molecular flexibility index (Phi) is 5.30. The molecule has 3 atom stereocenters. The molecule has 1 aliphatic heterocycles.